The van der Waals surface area contributed by atoms with Crippen LogP contribution in [-0.2, 0) is 0 Å². The minimum absolute atomic E-state index is 0.263. The molecule has 0 heterocycles. The minimum Gasteiger partial charge on any atom is -0.478 e. The lowest BCUT2D eigenvalue weighted by Gasteiger charge is -2.34. The van der Waals surface area contributed by atoms with Gasteiger partial charge in [-0.2, -0.15) is 0 Å². The van der Waals surface area contributed by atoms with Crippen LogP contribution < -0.4 is 11.1 Å². The van der Waals surface area contributed by atoms with Crippen molar-refractivity contribution in [3.8, 4) is 0 Å². The maximum atomic E-state index is 11.2. The van der Waals surface area contributed by atoms with Gasteiger partial charge in [0.15, 0.2) is 0 Å². The number of nitrogens with two attached hydrogens (primary N) is 1. The van der Waals surface area contributed by atoms with Crippen molar-refractivity contribution in [3.05, 3.63) is 23.8 Å². The van der Waals surface area contributed by atoms with E-state index in [-0.39, 0.29) is 11.0 Å². The Morgan fingerprint density at radius 2 is 2.05 bits per heavy atom. The Balaban J connectivity index is 2.10. The molecule has 4 nitrogen and oxygen atoms in total. The Labute approximate surface area is 114 Å². The Hall–Kier alpha value is -1.71. The van der Waals surface area contributed by atoms with Crippen LogP contribution in [0.4, 0.5) is 11.4 Å². The summed E-state index contributed by atoms with van der Waals surface area (Å²) >= 11 is 0. The number of benzene rings is 1. The fraction of sp³-hybridized carbons (Fsp3) is 0.533. The number of nitrogens with one attached hydrogen (secondary N) is 1. The Morgan fingerprint density at radius 1 is 1.37 bits per heavy atom. The second kappa shape index (κ2) is 5.51. The van der Waals surface area contributed by atoms with Crippen molar-refractivity contribution < 1.29 is 9.90 Å². The highest BCUT2D eigenvalue weighted by molar-refractivity contribution is 5.95. The minimum atomic E-state index is -0.920. The molecule has 0 atom stereocenters. The highest BCUT2D eigenvalue weighted by atomic mass is 16.4. The van der Waals surface area contributed by atoms with Gasteiger partial charge in [-0.15, -0.1) is 0 Å². The normalized spacial score (nSPS) is 17.9. The summed E-state index contributed by atoms with van der Waals surface area (Å²) in [5.74, 6) is -0.920. The highest BCUT2D eigenvalue weighted by Gasteiger charge is 2.26. The zero-order valence-corrected chi connectivity index (χ0v) is 11.4. The SMILES string of the molecule is CC1(CNc2cc(N)ccc2C(=O)O)CCCCC1. The van der Waals surface area contributed by atoms with E-state index in [1.54, 1.807) is 18.2 Å². The predicted octanol–water partition coefficient (Wildman–Crippen LogP) is 3.35. The van der Waals surface area contributed by atoms with Gasteiger partial charge in [-0.1, -0.05) is 26.2 Å². The number of carboxylic acids is 1. The fourth-order valence-corrected chi connectivity index (χ4v) is 2.79. The van der Waals surface area contributed by atoms with E-state index in [9.17, 15) is 9.90 Å². The zero-order valence-electron chi connectivity index (χ0n) is 11.4. The summed E-state index contributed by atoms with van der Waals surface area (Å²) in [7, 11) is 0. The van der Waals surface area contributed by atoms with Crippen molar-refractivity contribution in [2.24, 2.45) is 5.41 Å². The monoisotopic (exact) mass is 262 g/mol. The second-order valence-corrected chi connectivity index (χ2v) is 5.84. The Morgan fingerprint density at radius 3 is 2.68 bits per heavy atom. The standard InChI is InChI=1S/C15H22N2O2/c1-15(7-3-2-4-8-15)10-17-13-9-11(16)5-6-12(13)14(18)19/h5-6,9,17H,2-4,7-8,10,16H2,1H3,(H,18,19). The van der Waals surface area contributed by atoms with Crippen LogP contribution in [0.3, 0.4) is 0 Å². The van der Waals surface area contributed by atoms with Crippen molar-refractivity contribution >= 4 is 17.3 Å². The van der Waals surface area contributed by atoms with Gasteiger partial charge in [0.05, 0.1) is 11.3 Å². The van der Waals surface area contributed by atoms with Crippen LogP contribution >= 0.6 is 0 Å². The predicted molar refractivity (Wildman–Crippen MR) is 77.5 cm³/mol. The Bertz CT molecular complexity index is 465. The first-order chi connectivity index (χ1) is 9.00. The second-order valence-electron chi connectivity index (χ2n) is 5.84. The average Bonchev–Trinajstić information content (AvgIpc) is 2.37. The lowest BCUT2D eigenvalue weighted by Crippen LogP contribution is -2.29. The van der Waals surface area contributed by atoms with E-state index < -0.39 is 5.97 Å². The number of anilines is 2. The van der Waals surface area contributed by atoms with E-state index in [0.29, 0.717) is 11.4 Å². The van der Waals surface area contributed by atoms with Crippen molar-refractivity contribution in [3.63, 3.8) is 0 Å². The molecular formula is C15H22N2O2. The van der Waals surface area contributed by atoms with Gasteiger partial charge in [0.1, 0.15) is 0 Å². The molecular weight excluding hydrogens is 240 g/mol. The first kappa shape index (κ1) is 13.7. The first-order valence-corrected chi connectivity index (χ1v) is 6.87. The molecule has 1 saturated carbocycles. The molecule has 1 aromatic carbocycles. The van der Waals surface area contributed by atoms with Crippen molar-refractivity contribution in [2.45, 2.75) is 39.0 Å². The van der Waals surface area contributed by atoms with Crippen LogP contribution in [0.15, 0.2) is 18.2 Å². The summed E-state index contributed by atoms with van der Waals surface area (Å²) in [5, 5.41) is 12.5. The summed E-state index contributed by atoms with van der Waals surface area (Å²) in [6, 6.07) is 4.88. The van der Waals surface area contributed by atoms with E-state index in [0.717, 1.165) is 6.54 Å². The summed E-state index contributed by atoms with van der Waals surface area (Å²) in [6.07, 6.45) is 6.24. The molecule has 1 aliphatic rings. The number of aromatic carboxylic acids is 1. The molecule has 19 heavy (non-hydrogen) atoms. The number of hydrogen-bond acceptors (Lipinski definition) is 3. The quantitative estimate of drug-likeness (QED) is 0.727. The third-order valence-corrected chi connectivity index (χ3v) is 4.04. The largest absolute Gasteiger partial charge is 0.478 e. The molecule has 0 bridgehead atoms. The summed E-state index contributed by atoms with van der Waals surface area (Å²) in [6.45, 7) is 3.07. The molecule has 2 rings (SSSR count). The van der Waals surface area contributed by atoms with Crippen molar-refractivity contribution in [1.82, 2.24) is 0 Å². The molecule has 0 saturated heterocycles. The molecule has 4 N–H and O–H groups in total. The molecule has 1 aliphatic carbocycles. The van der Waals surface area contributed by atoms with E-state index in [2.05, 4.69) is 12.2 Å². The molecule has 1 fully saturated rings. The smallest absolute Gasteiger partial charge is 0.337 e. The van der Waals surface area contributed by atoms with Crippen LogP contribution in [0.5, 0.6) is 0 Å². The van der Waals surface area contributed by atoms with Gasteiger partial charge in [0, 0.05) is 12.2 Å². The van der Waals surface area contributed by atoms with Crippen LogP contribution in [0.25, 0.3) is 0 Å². The van der Waals surface area contributed by atoms with E-state index >= 15 is 0 Å². The van der Waals surface area contributed by atoms with Crippen LogP contribution in [0.1, 0.15) is 49.4 Å². The Kier molecular flexibility index (Phi) is 3.98. The molecule has 0 aromatic heterocycles. The highest BCUT2D eigenvalue weighted by Crippen LogP contribution is 2.36. The summed E-state index contributed by atoms with van der Waals surface area (Å²) in [5.41, 5.74) is 7.49. The summed E-state index contributed by atoms with van der Waals surface area (Å²) < 4.78 is 0. The zero-order chi connectivity index (χ0) is 13.9. The molecule has 0 amide bonds. The van der Waals surface area contributed by atoms with E-state index in [4.69, 9.17) is 5.73 Å². The van der Waals surface area contributed by atoms with E-state index in [1.165, 1.54) is 32.1 Å². The third-order valence-electron chi connectivity index (χ3n) is 4.04. The van der Waals surface area contributed by atoms with Gasteiger partial charge in [-0.3, -0.25) is 0 Å². The molecule has 104 valence electrons. The van der Waals surface area contributed by atoms with Gasteiger partial charge in [-0.05, 0) is 36.5 Å². The van der Waals surface area contributed by atoms with Gasteiger partial charge >= 0.3 is 5.97 Å². The number of rotatable bonds is 4. The summed E-state index contributed by atoms with van der Waals surface area (Å²) in [4.78, 5) is 11.2. The molecule has 1 aromatic rings. The lowest BCUT2D eigenvalue weighted by atomic mass is 9.75. The van der Waals surface area contributed by atoms with Crippen LogP contribution in [-0.4, -0.2) is 17.6 Å². The topological polar surface area (TPSA) is 75.3 Å². The van der Waals surface area contributed by atoms with Gasteiger partial charge in [-0.25, -0.2) is 4.79 Å². The maximum absolute atomic E-state index is 11.2. The fourth-order valence-electron chi connectivity index (χ4n) is 2.79. The number of carbonyl (C=O) groups is 1. The van der Waals surface area contributed by atoms with Crippen molar-refractivity contribution in [2.75, 3.05) is 17.6 Å². The molecule has 0 spiro atoms. The molecule has 4 heteroatoms. The van der Waals surface area contributed by atoms with Crippen LogP contribution in [0.2, 0.25) is 0 Å². The van der Waals surface area contributed by atoms with Gasteiger partial charge in [0.2, 0.25) is 0 Å². The van der Waals surface area contributed by atoms with E-state index in [1.807, 2.05) is 0 Å². The number of hydrogen-bond donors (Lipinski definition) is 3. The molecule has 0 aliphatic heterocycles. The third kappa shape index (κ3) is 3.40. The maximum Gasteiger partial charge on any atom is 0.337 e. The number of carboxylic acid groups (broad SMARTS) is 1. The first-order valence-electron chi connectivity index (χ1n) is 6.87. The van der Waals surface area contributed by atoms with Gasteiger partial charge in [0.25, 0.3) is 0 Å². The lowest BCUT2D eigenvalue weighted by molar-refractivity contribution is 0.0698. The average molecular weight is 262 g/mol. The number of nitrogen functional groups attached to an aromatic ring is 1. The van der Waals surface area contributed by atoms with Crippen LogP contribution in [0, 0.1) is 5.41 Å². The van der Waals surface area contributed by atoms with Crippen molar-refractivity contribution in [1.29, 1.82) is 0 Å². The molecule has 0 radical (unpaired) electrons. The van der Waals surface area contributed by atoms with Gasteiger partial charge < -0.3 is 16.2 Å². The molecule has 0 unspecified atom stereocenters.